The lowest BCUT2D eigenvalue weighted by Crippen LogP contribution is -3.19. The summed E-state index contributed by atoms with van der Waals surface area (Å²) >= 11 is 6.10. The molecule has 1 saturated heterocycles. The van der Waals surface area contributed by atoms with Crippen LogP contribution in [0.3, 0.4) is 0 Å². The van der Waals surface area contributed by atoms with Crippen LogP contribution in [0.15, 0.2) is 24.3 Å². The molecule has 2 N–H and O–H groups in total. The number of piperazine rings is 1. The number of hydrogen-bond donors (Lipinski definition) is 2. The molecule has 25 heavy (non-hydrogen) atoms. The molecule has 0 unspecified atom stereocenters. The van der Waals surface area contributed by atoms with Gasteiger partial charge in [0.15, 0.2) is 6.04 Å². The van der Waals surface area contributed by atoms with E-state index >= 15 is 0 Å². The molecule has 0 aromatic heterocycles. The fourth-order valence-corrected chi connectivity index (χ4v) is 4.37. The Hall–Kier alpha value is -1.26. The van der Waals surface area contributed by atoms with Gasteiger partial charge in [-0.05, 0) is 43.9 Å². The molecule has 5 heteroatoms. The largest absolute Gasteiger partial charge is 0.360 e. The SMILES string of the molecule is C[C@H](C(=O)N[C@@H]1CCCC[C@@H]1C)[NH+]1CCN(c2cccc(Cl)c2)CC1. The van der Waals surface area contributed by atoms with Gasteiger partial charge in [0.25, 0.3) is 5.91 Å². The van der Waals surface area contributed by atoms with E-state index in [0.29, 0.717) is 12.0 Å². The lowest BCUT2D eigenvalue weighted by Gasteiger charge is -2.37. The Morgan fingerprint density at radius 1 is 1.28 bits per heavy atom. The van der Waals surface area contributed by atoms with Gasteiger partial charge in [0, 0.05) is 16.8 Å². The summed E-state index contributed by atoms with van der Waals surface area (Å²) < 4.78 is 0. The van der Waals surface area contributed by atoms with E-state index in [1.54, 1.807) is 0 Å². The average Bonchev–Trinajstić information content (AvgIpc) is 2.63. The number of carbonyl (C=O) groups excluding carboxylic acids is 1. The van der Waals surface area contributed by atoms with Gasteiger partial charge in [-0.3, -0.25) is 4.79 Å². The van der Waals surface area contributed by atoms with Gasteiger partial charge in [0.2, 0.25) is 0 Å². The highest BCUT2D eigenvalue weighted by Crippen LogP contribution is 2.23. The highest BCUT2D eigenvalue weighted by molar-refractivity contribution is 6.30. The Balaban J connectivity index is 1.50. The molecule has 1 heterocycles. The number of anilines is 1. The first kappa shape index (κ1) is 18.5. The zero-order chi connectivity index (χ0) is 17.8. The number of rotatable bonds is 4. The number of nitrogens with zero attached hydrogens (tertiary/aromatic N) is 1. The van der Waals surface area contributed by atoms with Gasteiger partial charge in [-0.1, -0.05) is 37.4 Å². The van der Waals surface area contributed by atoms with Crippen molar-refractivity contribution in [1.82, 2.24) is 5.32 Å². The van der Waals surface area contributed by atoms with Gasteiger partial charge < -0.3 is 15.1 Å². The van der Waals surface area contributed by atoms with Crippen molar-refractivity contribution in [2.75, 3.05) is 31.1 Å². The molecule has 0 radical (unpaired) electrons. The van der Waals surface area contributed by atoms with Crippen LogP contribution in [0.1, 0.15) is 39.5 Å². The first-order valence-electron chi connectivity index (χ1n) is 9.70. The Morgan fingerprint density at radius 2 is 2.00 bits per heavy atom. The Bertz CT molecular complexity index is 586. The average molecular weight is 365 g/mol. The van der Waals surface area contributed by atoms with Gasteiger partial charge in [-0.15, -0.1) is 0 Å². The minimum absolute atomic E-state index is 0.0237. The van der Waals surface area contributed by atoms with Crippen molar-refractivity contribution in [3.63, 3.8) is 0 Å². The lowest BCUT2D eigenvalue weighted by molar-refractivity contribution is -0.914. The van der Waals surface area contributed by atoms with E-state index in [2.05, 4.69) is 30.1 Å². The van der Waals surface area contributed by atoms with Crippen molar-refractivity contribution in [2.45, 2.75) is 51.6 Å². The van der Waals surface area contributed by atoms with Crippen LogP contribution >= 0.6 is 11.6 Å². The maximum absolute atomic E-state index is 12.7. The summed E-state index contributed by atoms with van der Waals surface area (Å²) in [5.74, 6) is 0.838. The summed E-state index contributed by atoms with van der Waals surface area (Å²) in [6.45, 7) is 8.25. The minimum Gasteiger partial charge on any atom is -0.360 e. The molecule has 1 aliphatic carbocycles. The summed E-state index contributed by atoms with van der Waals surface area (Å²) in [6, 6.07) is 8.43. The first-order chi connectivity index (χ1) is 12.0. The normalized spacial score (nSPS) is 26.3. The van der Waals surface area contributed by atoms with E-state index in [0.717, 1.165) is 37.6 Å². The molecular weight excluding hydrogens is 334 g/mol. The van der Waals surface area contributed by atoms with Crippen LogP contribution < -0.4 is 15.1 Å². The van der Waals surface area contributed by atoms with Gasteiger partial charge in [0.05, 0.1) is 26.2 Å². The van der Waals surface area contributed by atoms with Gasteiger partial charge in [0.1, 0.15) is 0 Å². The van der Waals surface area contributed by atoms with Crippen molar-refractivity contribution in [1.29, 1.82) is 0 Å². The molecule has 1 saturated carbocycles. The van der Waals surface area contributed by atoms with Crippen LogP contribution in [0.4, 0.5) is 5.69 Å². The van der Waals surface area contributed by atoms with Crippen molar-refractivity contribution in [3.05, 3.63) is 29.3 Å². The van der Waals surface area contributed by atoms with E-state index in [1.807, 2.05) is 18.2 Å². The maximum Gasteiger partial charge on any atom is 0.278 e. The standard InChI is InChI=1S/C20H30ClN3O/c1-15-6-3-4-9-19(15)22-20(25)16(2)23-10-12-24(13-11-23)18-8-5-7-17(21)14-18/h5,7-8,14-16,19H,3-4,6,9-13H2,1-2H3,(H,22,25)/p+1/t15-,16+,19+/m0/s1. The fraction of sp³-hybridized carbons (Fsp3) is 0.650. The monoisotopic (exact) mass is 364 g/mol. The molecule has 4 nitrogen and oxygen atoms in total. The lowest BCUT2D eigenvalue weighted by atomic mass is 9.86. The number of benzene rings is 1. The van der Waals surface area contributed by atoms with Crippen LogP contribution in [0.5, 0.6) is 0 Å². The van der Waals surface area contributed by atoms with Gasteiger partial charge >= 0.3 is 0 Å². The summed E-state index contributed by atoms with van der Waals surface area (Å²) in [7, 11) is 0. The second kappa shape index (κ2) is 8.41. The third-order valence-electron chi connectivity index (χ3n) is 6.02. The molecule has 1 amide bonds. The number of amides is 1. The van der Waals surface area contributed by atoms with Crippen LogP contribution in [-0.2, 0) is 4.79 Å². The molecule has 1 aromatic rings. The van der Waals surface area contributed by atoms with Crippen molar-refractivity contribution in [3.8, 4) is 0 Å². The quantitative estimate of drug-likeness (QED) is 0.858. The van der Waals surface area contributed by atoms with Crippen molar-refractivity contribution >= 4 is 23.2 Å². The van der Waals surface area contributed by atoms with Crippen LogP contribution in [0.2, 0.25) is 5.02 Å². The number of nitrogens with one attached hydrogen (secondary N) is 2. The van der Waals surface area contributed by atoms with Crippen LogP contribution in [0, 0.1) is 5.92 Å². The maximum atomic E-state index is 12.7. The Morgan fingerprint density at radius 3 is 2.68 bits per heavy atom. The molecule has 2 fully saturated rings. The third-order valence-corrected chi connectivity index (χ3v) is 6.26. The molecule has 3 atom stereocenters. The molecule has 1 aliphatic heterocycles. The van der Waals surface area contributed by atoms with Gasteiger partial charge in [-0.25, -0.2) is 0 Å². The minimum atomic E-state index is 0.0237. The number of halogens is 1. The third kappa shape index (κ3) is 4.68. The number of carbonyl (C=O) groups is 1. The summed E-state index contributed by atoms with van der Waals surface area (Å²) in [5, 5.41) is 4.10. The molecule has 138 valence electrons. The van der Waals surface area contributed by atoms with E-state index in [1.165, 1.54) is 29.8 Å². The molecule has 1 aromatic carbocycles. The second-order valence-electron chi connectivity index (χ2n) is 7.72. The summed E-state index contributed by atoms with van der Waals surface area (Å²) in [4.78, 5) is 16.4. The summed E-state index contributed by atoms with van der Waals surface area (Å²) in [6.07, 6.45) is 4.93. The molecular formula is C20H31ClN3O+. The number of hydrogen-bond acceptors (Lipinski definition) is 2. The number of quaternary nitrogens is 1. The van der Waals surface area contributed by atoms with E-state index in [9.17, 15) is 4.79 Å². The molecule has 0 bridgehead atoms. The predicted octanol–water partition coefficient (Wildman–Crippen LogP) is 2.13. The first-order valence-corrected chi connectivity index (χ1v) is 10.1. The van der Waals surface area contributed by atoms with Gasteiger partial charge in [-0.2, -0.15) is 0 Å². The Labute approximate surface area is 156 Å². The molecule has 3 rings (SSSR count). The summed E-state index contributed by atoms with van der Waals surface area (Å²) in [5.41, 5.74) is 1.18. The highest BCUT2D eigenvalue weighted by atomic mass is 35.5. The van der Waals surface area contributed by atoms with Crippen molar-refractivity contribution in [2.24, 2.45) is 5.92 Å². The van der Waals surface area contributed by atoms with E-state index < -0.39 is 0 Å². The zero-order valence-electron chi connectivity index (χ0n) is 15.4. The van der Waals surface area contributed by atoms with E-state index in [-0.39, 0.29) is 11.9 Å². The van der Waals surface area contributed by atoms with Crippen LogP contribution in [0.25, 0.3) is 0 Å². The Kier molecular flexibility index (Phi) is 6.24. The zero-order valence-corrected chi connectivity index (χ0v) is 16.2. The molecule has 0 spiro atoms. The smallest absolute Gasteiger partial charge is 0.278 e. The predicted molar refractivity (Wildman–Crippen MR) is 103 cm³/mol. The molecule has 2 aliphatic rings. The van der Waals surface area contributed by atoms with E-state index in [4.69, 9.17) is 11.6 Å². The van der Waals surface area contributed by atoms with Crippen molar-refractivity contribution < 1.29 is 9.69 Å². The van der Waals surface area contributed by atoms with Crippen LogP contribution in [-0.4, -0.2) is 44.2 Å². The second-order valence-corrected chi connectivity index (χ2v) is 8.16. The highest BCUT2D eigenvalue weighted by Gasteiger charge is 2.32. The topological polar surface area (TPSA) is 36.8 Å². The fourth-order valence-electron chi connectivity index (χ4n) is 4.18.